The highest BCUT2D eigenvalue weighted by Crippen LogP contribution is 2.13. The van der Waals surface area contributed by atoms with E-state index in [1.54, 1.807) is 0 Å². The van der Waals surface area contributed by atoms with Crippen molar-refractivity contribution in [3.63, 3.8) is 0 Å². The summed E-state index contributed by atoms with van der Waals surface area (Å²) in [6.07, 6.45) is 0. The molecule has 0 saturated carbocycles. The molecular weight excluding hydrogens is 174 g/mol. The number of nitrogen functional groups attached to an aromatic ring is 1. The third-order valence-electron chi connectivity index (χ3n) is 1.79. The van der Waals surface area contributed by atoms with E-state index in [4.69, 9.17) is 17.4 Å². The average molecular weight is 182 g/mol. The molecule has 2 N–H and O–H groups in total. The van der Waals surface area contributed by atoms with Crippen LogP contribution in [0.2, 0.25) is 0 Å². The minimum absolute atomic E-state index is 0.338. The predicted octanol–water partition coefficient (Wildman–Crippen LogP) is 1.49. The van der Waals surface area contributed by atoms with Crippen molar-refractivity contribution in [1.82, 2.24) is 9.66 Å². The first-order chi connectivity index (χ1) is 5.83. The number of fused-ring (bicyclic) bond motifs is 1. The summed E-state index contributed by atoms with van der Waals surface area (Å²) in [6, 6.07) is 7.67. The highest BCUT2D eigenvalue weighted by Gasteiger charge is 2.04. The Bertz CT molecular complexity index is 408. The number of aromatic nitrogens is 2. The van der Waals surface area contributed by atoms with Crippen molar-refractivity contribution in [3.05, 3.63) is 30.1 Å². The maximum Gasteiger partial charge on any atom is 0.143 e. The Balaban J connectivity index is 2.78. The number of nitrogens with zero attached hydrogens (tertiary/aromatic N) is 2. The van der Waals surface area contributed by atoms with Crippen molar-refractivity contribution in [3.8, 4) is 0 Å². The van der Waals surface area contributed by atoms with Crippen molar-refractivity contribution in [1.29, 1.82) is 0 Å². The molecule has 2 rings (SSSR count). The highest BCUT2D eigenvalue weighted by atomic mass is 35.5. The molecule has 0 aliphatic heterocycles. The number of hydrogen-bond donors (Lipinski definition) is 1. The second-order valence-corrected chi connectivity index (χ2v) is 2.79. The maximum absolute atomic E-state index is 5.72. The predicted molar refractivity (Wildman–Crippen MR) is 49.4 cm³/mol. The van der Waals surface area contributed by atoms with Crippen LogP contribution >= 0.6 is 11.6 Å². The minimum atomic E-state index is 0.338. The Morgan fingerprint density at radius 1 is 1.42 bits per heavy atom. The molecule has 0 unspecified atom stereocenters. The maximum atomic E-state index is 5.72. The van der Waals surface area contributed by atoms with Crippen LogP contribution in [0.25, 0.3) is 11.0 Å². The lowest BCUT2D eigenvalue weighted by molar-refractivity contribution is 0.939. The number of imidazole rings is 1. The van der Waals surface area contributed by atoms with Gasteiger partial charge in [-0.2, -0.15) is 0 Å². The molecule has 1 heterocycles. The second-order valence-electron chi connectivity index (χ2n) is 2.52. The van der Waals surface area contributed by atoms with Gasteiger partial charge in [-0.15, -0.1) is 11.6 Å². The molecular formula is C8H8ClN3. The molecule has 2 aromatic rings. The fourth-order valence-corrected chi connectivity index (χ4v) is 1.38. The number of alkyl halides is 1. The standard InChI is InChI=1S/C8H8ClN3/c9-5-8-11-6-3-1-2-4-7(6)12(8)10/h1-4H,5,10H2. The van der Waals surface area contributed by atoms with Crippen LogP contribution in [0.3, 0.4) is 0 Å². The molecule has 0 bridgehead atoms. The van der Waals surface area contributed by atoms with E-state index in [0.717, 1.165) is 11.0 Å². The fourth-order valence-electron chi connectivity index (χ4n) is 1.19. The third-order valence-corrected chi connectivity index (χ3v) is 2.03. The van der Waals surface area contributed by atoms with Crippen LogP contribution in [-0.2, 0) is 5.88 Å². The Morgan fingerprint density at radius 3 is 2.83 bits per heavy atom. The molecule has 0 amide bonds. The first-order valence-electron chi connectivity index (χ1n) is 3.60. The van der Waals surface area contributed by atoms with Gasteiger partial charge in [-0.05, 0) is 12.1 Å². The number of nitrogens with two attached hydrogens (primary N) is 1. The van der Waals surface area contributed by atoms with Gasteiger partial charge < -0.3 is 5.84 Å². The van der Waals surface area contributed by atoms with Crippen LogP contribution in [-0.4, -0.2) is 9.66 Å². The summed E-state index contributed by atoms with van der Waals surface area (Å²) in [6.45, 7) is 0. The summed E-state index contributed by atoms with van der Waals surface area (Å²) in [5, 5.41) is 0. The van der Waals surface area contributed by atoms with E-state index in [2.05, 4.69) is 4.98 Å². The molecule has 3 nitrogen and oxygen atoms in total. The molecule has 0 aliphatic rings. The van der Waals surface area contributed by atoms with Gasteiger partial charge in [-0.3, -0.25) is 0 Å². The van der Waals surface area contributed by atoms with E-state index in [9.17, 15) is 0 Å². The Morgan fingerprint density at radius 2 is 2.17 bits per heavy atom. The van der Waals surface area contributed by atoms with Gasteiger partial charge in [0.05, 0.1) is 16.9 Å². The number of hydrogen-bond acceptors (Lipinski definition) is 2. The van der Waals surface area contributed by atoms with Crippen molar-refractivity contribution >= 4 is 22.6 Å². The zero-order valence-corrected chi connectivity index (χ0v) is 7.12. The third kappa shape index (κ3) is 0.940. The number of rotatable bonds is 1. The summed E-state index contributed by atoms with van der Waals surface area (Å²) in [7, 11) is 0. The SMILES string of the molecule is Nn1c(CCl)nc2ccccc21. The zero-order valence-electron chi connectivity index (χ0n) is 6.37. The molecule has 0 atom stereocenters. The van der Waals surface area contributed by atoms with Crippen molar-refractivity contribution in [2.24, 2.45) is 0 Å². The molecule has 0 spiro atoms. The molecule has 0 fully saturated rings. The van der Waals surface area contributed by atoms with E-state index in [0.29, 0.717) is 11.7 Å². The number of para-hydroxylation sites is 2. The van der Waals surface area contributed by atoms with Gasteiger partial charge >= 0.3 is 0 Å². The summed E-state index contributed by atoms with van der Waals surface area (Å²) >= 11 is 5.64. The van der Waals surface area contributed by atoms with Crippen LogP contribution in [0.15, 0.2) is 24.3 Å². The van der Waals surface area contributed by atoms with Gasteiger partial charge in [-0.1, -0.05) is 12.1 Å². The molecule has 1 aromatic carbocycles. The topological polar surface area (TPSA) is 43.8 Å². The monoisotopic (exact) mass is 181 g/mol. The lowest BCUT2D eigenvalue weighted by Crippen LogP contribution is -2.10. The summed E-state index contributed by atoms with van der Waals surface area (Å²) in [5.41, 5.74) is 1.80. The minimum Gasteiger partial charge on any atom is -0.337 e. The van der Waals surface area contributed by atoms with Gasteiger partial charge in [0.25, 0.3) is 0 Å². The van der Waals surface area contributed by atoms with Crippen LogP contribution in [0.4, 0.5) is 0 Å². The molecule has 0 saturated heterocycles. The molecule has 0 aliphatic carbocycles. The van der Waals surface area contributed by atoms with E-state index in [1.165, 1.54) is 4.68 Å². The summed E-state index contributed by atoms with van der Waals surface area (Å²) in [4.78, 5) is 4.24. The van der Waals surface area contributed by atoms with Crippen molar-refractivity contribution < 1.29 is 0 Å². The van der Waals surface area contributed by atoms with E-state index in [-0.39, 0.29) is 0 Å². The Kier molecular flexibility index (Phi) is 1.66. The Hall–Kier alpha value is -1.22. The number of halogens is 1. The van der Waals surface area contributed by atoms with Gasteiger partial charge in [-0.25, -0.2) is 9.66 Å². The van der Waals surface area contributed by atoms with Crippen LogP contribution in [0, 0.1) is 0 Å². The Labute approximate surface area is 74.7 Å². The normalized spacial score (nSPS) is 10.8. The summed E-state index contributed by atoms with van der Waals surface area (Å²) < 4.78 is 1.52. The van der Waals surface area contributed by atoms with E-state index < -0.39 is 0 Å². The lowest BCUT2D eigenvalue weighted by Gasteiger charge is -1.96. The van der Waals surface area contributed by atoms with Crippen LogP contribution < -0.4 is 5.84 Å². The van der Waals surface area contributed by atoms with E-state index in [1.807, 2.05) is 24.3 Å². The quantitative estimate of drug-likeness (QED) is 0.535. The van der Waals surface area contributed by atoms with E-state index >= 15 is 0 Å². The average Bonchev–Trinajstić information content (AvgIpc) is 2.44. The van der Waals surface area contributed by atoms with Gasteiger partial charge in [0.1, 0.15) is 5.82 Å². The highest BCUT2D eigenvalue weighted by molar-refractivity contribution is 6.16. The van der Waals surface area contributed by atoms with Crippen molar-refractivity contribution in [2.45, 2.75) is 5.88 Å². The largest absolute Gasteiger partial charge is 0.337 e. The molecule has 1 aromatic heterocycles. The van der Waals surface area contributed by atoms with Crippen molar-refractivity contribution in [2.75, 3.05) is 5.84 Å². The lowest BCUT2D eigenvalue weighted by atomic mass is 10.3. The molecule has 12 heavy (non-hydrogen) atoms. The first kappa shape index (κ1) is 7.43. The first-order valence-corrected chi connectivity index (χ1v) is 4.14. The molecule has 0 radical (unpaired) electrons. The van der Waals surface area contributed by atoms with Crippen LogP contribution in [0.1, 0.15) is 5.82 Å². The fraction of sp³-hybridized carbons (Fsp3) is 0.125. The van der Waals surface area contributed by atoms with Gasteiger partial charge in [0.15, 0.2) is 0 Å². The molecule has 4 heteroatoms. The van der Waals surface area contributed by atoms with Crippen LogP contribution in [0.5, 0.6) is 0 Å². The number of benzene rings is 1. The summed E-state index contributed by atoms with van der Waals surface area (Å²) in [5.74, 6) is 6.75. The van der Waals surface area contributed by atoms with Gasteiger partial charge in [0, 0.05) is 0 Å². The molecule has 62 valence electrons. The second kappa shape index (κ2) is 2.68. The van der Waals surface area contributed by atoms with Gasteiger partial charge in [0.2, 0.25) is 0 Å². The smallest absolute Gasteiger partial charge is 0.143 e. The zero-order chi connectivity index (χ0) is 8.55.